The van der Waals surface area contributed by atoms with Crippen LogP contribution in [0.2, 0.25) is 0 Å². The average molecular weight is 436 g/mol. The molecule has 3 aliphatic carbocycles. The SMILES string of the molecule is CC1(C)C2CC[C@H](CNC(=O)c3cccc4nc(CC(=O)NCC(F)(F)F)cn34)C1C2. The molecular formula is C22H27F3N4O2. The van der Waals surface area contributed by atoms with Crippen molar-refractivity contribution in [3.63, 3.8) is 0 Å². The number of pyridine rings is 1. The Bertz CT molecular complexity index is 996. The molecule has 2 amide bonds. The highest BCUT2D eigenvalue weighted by molar-refractivity contribution is 5.93. The van der Waals surface area contributed by atoms with Crippen LogP contribution in [0.15, 0.2) is 24.4 Å². The average Bonchev–Trinajstić information content (AvgIpc) is 3.12. The van der Waals surface area contributed by atoms with Gasteiger partial charge in [-0.05, 0) is 54.6 Å². The van der Waals surface area contributed by atoms with Gasteiger partial charge in [-0.25, -0.2) is 4.98 Å². The molecule has 3 saturated carbocycles. The lowest BCUT2D eigenvalue weighted by atomic mass is 9.45. The van der Waals surface area contributed by atoms with E-state index in [0.29, 0.717) is 40.8 Å². The minimum atomic E-state index is -4.46. The van der Waals surface area contributed by atoms with Crippen LogP contribution in [0, 0.1) is 23.2 Å². The molecule has 2 unspecified atom stereocenters. The van der Waals surface area contributed by atoms with Gasteiger partial charge in [0.15, 0.2) is 0 Å². The number of fused-ring (bicyclic) bond motifs is 3. The highest BCUT2D eigenvalue weighted by Gasteiger charge is 2.53. The van der Waals surface area contributed by atoms with Gasteiger partial charge in [-0.2, -0.15) is 13.2 Å². The van der Waals surface area contributed by atoms with E-state index in [2.05, 4.69) is 24.1 Å². The molecule has 2 heterocycles. The summed E-state index contributed by atoms with van der Waals surface area (Å²) in [4.78, 5) is 28.9. The highest BCUT2D eigenvalue weighted by atomic mass is 19.4. The van der Waals surface area contributed by atoms with E-state index in [0.717, 1.165) is 12.3 Å². The molecule has 0 spiro atoms. The van der Waals surface area contributed by atoms with Gasteiger partial charge in [0.25, 0.3) is 5.91 Å². The van der Waals surface area contributed by atoms with Crippen molar-refractivity contribution >= 4 is 17.5 Å². The Kier molecular flexibility index (Phi) is 5.47. The Hall–Kier alpha value is -2.58. The first-order valence-corrected chi connectivity index (χ1v) is 10.6. The molecule has 31 heavy (non-hydrogen) atoms. The van der Waals surface area contributed by atoms with Crippen molar-refractivity contribution in [1.82, 2.24) is 20.0 Å². The lowest BCUT2D eigenvalue weighted by molar-refractivity contribution is -0.138. The zero-order chi connectivity index (χ0) is 22.4. The molecule has 9 heteroatoms. The van der Waals surface area contributed by atoms with Crippen molar-refractivity contribution in [3.8, 4) is 0 Å². The number of hydrogen-bond donors (Lipinski definition) is 2. The fourth-order valence-electron chi connectivity index (χ4n) is 5.28. The molecule has 3 fully saturated rings. The number of aromatic nitrogens is 2. The van der Waals surface area contributed by atoms with Gasteiger partial charge in [0.1, 0.15) is 17.9 Å². The number of imidazole rings is 1. The fourth-order valence-corrected chi connectivity index (χ4v) is 5.28. The molecule has 0 radical (unpaired) electrons. The Morgan fingerprint density at radius 3 is 2.68 bits per heavy atom. The van der Waals surface area contributed by atoms with E-state index in [-0.39, 0.29) is 12.3 Å². The third kappa shape index (κ3) is 4.41. The maximum Gasteiger partial charge on any atom is 0.405 e. The van der Waals surface area contributed by atoms with Crippen molar-refractivity contribution in [1.29, 1.82) is 0 Å². The molecule has 6 nitrogen and oxygen atoms in total. The second-order valence-electron chi connectivity index (χ2n) is 9.35. The van der Waals surface area contributed by atoms with Crippen LogP contribution in [0.3, 0.4) is 0 Å². The van der Waals surface area contributed by atoms with Gasteiger partial charge < -0.3 is 10.6 Å². The largest absolute Gasteiger partial charge is 0.405 e. The number of amides is 2. The van der Waals surface area contributed by atoms with Crippen LogP contribution in [0.25, 0.3) is 5.65 Å². The molecule has 0 saturated heterocycles. The smallest absolute Gasteiger partial charge is 0.350 e. The second kappa shape index (κ2) is 7.84. The second-order valence-corrected chi connectivity index (χ2v) is 9.35. The van der Waals surface area contributed by atoms with Crippen LogP contribution in [0.5, 0.6) is 0 Å². The molecule has 3 atom stereocenters. The summed E-state index contributed by atoms with van der Waals surface area (Å²) in [7, 11) is 0. The molecule has 5 rings (SSSR count). The van der Waals surface area contributed by atoms with Crippen LogP contribution in [0.1, 0.15) is 49.3 Å². The number of hydrogen-bond acceptors (Lipinski definition) is 3. The molecule has 3 aliphatic rings. The van der Waals surface area contributed by atoms with Gasteiger partial charge in [-0.15, -0.1) is 0 Å². The van der Waals surface area contributed by atoms with Crippen LogP contribution in [-0.2, 0) is 11.2 Å². The number of carbonyl (C=O) groups excluding carboxylic acids is 2. The summed E-state index contributed by atoms with van der Waals surface area (Å²) < 4.78 is 38.4. The minimum absolute atomic E-state index is 0.227. The standard InChI is InChI=1S/C22H27F3N4O2/c1-21(2)14-7-6-13(16(21)8-14)10-26-20(31)17-4-3-5-18-28-15(11-29(17)18)9-19(30)27-12-22(23,24)25/h3-5,11,13-14,16H,6-10,12H2,1-2H3,(H,26,31)(H,27,30)/t13-,14?,16?/m1/s1. The van der Waals surface area contributed by atoms with Crippen molar-refractivity contribution in [2.75, 3.05) is 13.1 Å². The molecule has 0 aromatic carbocycles. The predicted molar refractivity (Wildman–Crippen MR) is 108 cm³/mol. The Morgan fingerprint density at radius 1 is 1.23 bits per heavy atom. The third-order valence-electron chi connectivity index (χ3n) is 7.13. The molecule has 2 bridgehead atoms. The lowest BCUT2D eigenvalue weighted by Crippen LogP contribution is -2.54. The zero-order valence-electron chi connectivity index (χ0n) is 17.6. The monoisotopic (exact) mass is 436 g/mol. The summed E-state index contributed by atoms with van der Waals surface area (Å²) in [6.07, 6.45) is 0.348. The summed E-state index contributed by atoms with van der Waals surface area (Å²) in [5, 5.41) is 4.88. The van der Waals surface area contributed by atoms with Crippen LogP contribution >= 0.6 is 0 Å². The highest BCUT2D eigenvalue weighted by Crippen LogP contribution is 2.61. The van der Waals surface area contributed by atoms with E-state index in [4.69, 9.17) is 0 Å². The number of alkyl halides is 3. The van der Waals surface area contributed by atoms with Crippen molar-refractivity contribution < 1.29 is 22.8 Å². The molecule has 2 N–H and O–H groups in total. The van der Waals surface area contributed by atoms with E-state index < -0.39 is 18.6 Å². The molecule has 168 valence electrons. The van der Waals surface area contributed by atoms with Crippen molar-refractivity contribution in [3.05, 3.63) is 35.8 Å². The Morgan fingerprint density at radius 2 is 2.00 bits per heavy atom. The normalized spacial score (nSPS) is 24.5. The van der Waals surface area contributed by atoms with E-state index >= 15 is 0 Å². The number of rotatable bonds is 6. The Labute approximate surface area is 178 Å². The van der Waals surface area contributed by atoms with E-state index in [1.54, 1.807) is 22.6 Å². The van der Waals surface area contributed by atoms with Gasteiger partial charge in [-0.1, -0.05) is 19.9 Å². The molecule has 2 aromatic heterocycles. The number of carbonyl (C=O) groups is 2. The Balaban J connectivity index is 1.41. The molecule has 0 aliphatic heterocycles. The van der Waals surface area contributed by atoms with Crippen LogP contribution in [0.4, 0.5) is 13.2 Å². The zero-order valence-corrected chi connectivity index (χ0v) is 17.6. The first-order valence-electron chi connectivity index (χ1n) is 10.6. The maximum atomic E-state index is 12.9. The van der Waals surface area contributed by atoms with E-state index in [1.807, 2.05) is 5.32 Å². The predicted octanol–water partition coefficient (Wildman–Crippen LogP) is 3.36. The van der Waals surface area contributed by atoms with Crippen LogP contribution < -0.4 is 10.6 Å². The third-order valence-corrected chi connectivity index (χ3v) is 7.13. The summed E-state index contributed by atoms with van der Waals surface area (Å²) in [6.45, 7) is 3.88. The molecule has 2 aromatic rings. The number of nitrogens with zero attached hydrogens (tertiary/aromatic N) is 2. The summed E-state index contributed by atoms with van der Waals surface area (Å²) >= 11 is 0. The minimum Gasteiger partial charge on any atom is -0.350 e. The fraction of sp³-hybridized carbons (Fsp3) is 0.591. The maximum absolute atomic E-state index is 12.9. The topological polar surface area (TPSA) is 75.5 Å². The quantitative estimate of drug-likeness (QED) is 0.729. The van der Waals surface area contributed by atoms with Gasteiger partial charge in [0.05, 0.1) is 12.1 Å². The molecular weight excluding hydrogens is 409 g/mol. The van der Waals surface area contributed by atoms with E-state index in [1.165, 1.54) is 19.0 Å². The van der Waals surface area contributed by atoms with Crippen LogP contribution in [-0.4, -0.2) is 40.5 Å². The van der Waals surface area contributed by atoms with Crippen molar-refractivity contribution in [2.24, 2.45) is 23.2 Å². The van der Waals surface area contributed by atoms with Gasteiger partial charge in [0, 0.05) is 12.7 Å². The summed E-state index contributed by atoms with van der Waals surface area (Å²) in [5.41, 5.74) is 1.49. The first-order chi connectivity index (χ1) is 14.5. The summed E-state index contributed by atoms with van der Waals surface area (Å²) in [6, 6.07) is 5.05. The van der Waals surface area contributed by atoms with Crippen molar-refractivity contribution in [2.45, 2.75) is 45.7 Å². The first kappa shape index (κ1) is 21.6. The van der Waals surface area contributed by atoms with E-state index in [9.17, 15) is 22.8 Å². The number of nitrogens with one attached hydrogen (secondary N) is 2. The van der Waals surface area contributed by atoms with Gasteiger partial charge >= 0.3 is 6.18 Å². The lowest BCUT2D eigenvalue weighted by Gasteiger charge is -2.60. The van der Waals surface area contributed by atoms with Gasteiger partial charge in [-0.3, -0.25) is 14.0 Å². The summed E-state index contributed by atoms with van der Waals surface area (Å²) in [5.74, 6) is 0.910. The van der Waals surface area contributed by atoms with Gasteiger partial charge in [0.2, 0.25) is 5.91 Å². The number of halogens is 3.